The first-order chi connectivity index (χ1) is 9.73. The zero-order chi connectivity index (χ0) is 16.0. The number of sulfonamides is 1. The molecule has 1 aromatic rings. The van der Waals surface area contributed by atoms with Crippen LogP contribution in [0.2, 0.25) is 0 Å². The molecule has 0 aromatic heterocycles. The molecule has 9 nitrogen and oxygen atoms in total. The number of aromatic carboxylic acids is 1. The van der Waals surface area contributed by atoms with Crippen molar-refractivity contribution in [1.82, 2.24) is 5.32 Å². The van der Waals surface area contributed by atoms with E-state index >= 15 is 0 Å². The first kappa shape index (κ1) is 16.7. The van der Waals surface area contributed by atoms with E-state index in [0.717, 1.165) is 0 Å². The van der Waals surface area contributed by atoms with Crippen molar-refractivity contribution < 1.29 is 27.9 Å². The van der Waals surface area contributed by atoms with Crippen LogP contribution in [0.15, 0.2) is 18.2 Å². The minimum absolute atomic E-state index is 0.0318. The summed E-state index contributed by atoms with van der Waals surface area (Å²) < 4.78 is 26.4. The summed E-state index contributed by atoms with van der Waals surface area (Å²) in [5.74, 6) is -1.30. The number of rotatable bonds is 6. The third-order valence-corrected chi connectivity index (χ3v) is 3.14. The fraction of sp³-hybridized carbons (Fsp3) is 0.273. The van der Waals surface area contributed by atoms with Gasteiger partial charge in [0.2, 0.25) is 10.0 Å². The summed E-state index contributed by atoms with van der Waals surface area (Å²) in [5, 5.41) is 18.3. The van der Waals surface area contributed by atoms with Gasteiger partial charge >= 0.3 is 12.0 Å². The predicted octanol–water partition coefficient (Wildman–Crippen LogP) is -0.197. The Morgan fingerprint density at radius 3 is 2.57 bits per heavy atom. The average molecular weight is 317 g/mol. The number of urea groups is 1. The quantitative estimate of drug-likeness (QED) is 0.571. The van der Waals surface area contributed by atoms with E-state index in [1.54, 1.807) is 0 Å². The van der Waals surface area contributed by atoms with E-state index in [0.29, 0.717) is 0 Å². The van der Waals surface area contributed by atoms with Gasteiger partial charge in [-0.25, -0.2) is 23.1 Å². The molecule has 0 bridgehead atoms. The number of benzene rings is 1. The van der Waals surface area contributed by atoms with Gasteiger partial charge in [0.15, 0.2) is 0 Å². The Hall–Kier alpha value is -2.33. The van der Waals surface area contributed by atoms with Gasteiger partial charge in [-0.1, -0.05) is 0 Å². The number of nitrogens with two attached hydrogens (primary N) is 1. The topological polar surface area (TPSA) is 148 Å². The number of hydrogen-bond acceptors (Lipinski definition) is 5. The second-order valence-electron chi connectivity index (χ2n) is 3.97. The molecule has 0 spiro atoms. The number of primary sulfonamides is 1. The SMILES string of the molecule is COc1ccc(C(=O)O)cc1NC(=O)NCCS(N)(=O)=O. The fourth-order valence-corrected chi connectivity index (χ4v) is 1.80. The van der Waals surface area contributed by atoms with Crippen molar-refractivity contribution in [2.75, 3.05) is 24.7 Å². The summed E-state index contributed by atoms with van der Waals surface area (Å²) in [5.41, 5.74) is 0.112. The van der Waals surface area contributed by atoms with E-state index < -0.39 is 27.8 Å². The highest BCUT2D eigenvalue weighted by molar-refractivity contribution is 7.89. The number of carbonyl (C=O) groups excluding carboxylic acids is 1. The lowest BCUT2D eigenvalue weighted by Crippen LogP contribution is -2.34. The first-order valence-electron chi connectivity index (χ1n) is 5.69. The van der Waals surface area contributed by atoms with Crippen molar-refractivity contribution in [3.63, 3.8) is 0 Å². The number of methoxy groups -OCH3 is 1. The normalized spacial score (nSPS) is 10.8. The number of hydrogen-bond donors (Lipinski definition) is 4. The van der Waals surface area contributed by atoms with Crippen molar-refractivity contribution in [3.8, 4) is 5.75 Å². The number of anilines is 1. The molecule has 0 atom stereocenters. The summed E-state index contributed by atoms with van der Waals surface area (Å²) in [6.45, 7) is -0.175. The molecule has 21 heavy (non-hydrogen) atoms. The van der Waals surface area contributed by atoms with Crippen LogP contribution in [0.25, 0.3) is 0 Å². The third-order valence-electron chi connectivity index (χ3n) is 2.37. The van der Waals surface area contributed by atoms with Gasteiger partial charge in [0.05, 0.1) is 24.1 Å². The summed E-state index contributed by atoms with van der Waals surface area (Å²) >= 11 is 0. The van der Waals surface area contributed by atoms with E-state index in [-0.39, 0.29) is 23.5 Å². The Kier molecular flexibility index (Phi) is 5.50. The zero-order valence-electron chi connectivity index (χ0n) is 11.1. The lowest BCUT2D eigenvalue weighted by molar-refractivity contribution is 0.0697. The third kappa shape index (κ3) is 5.67. The highest BCUT2D eigenvalue weighted by Gasteiger charge is 2.12. The highest BCUT2D eigenvalue weighted by atomic mass is 32.2. The molecule has 0 radical (unpaired) electrons. The minimum Gasteiger partial charge on any atom is -0.495 e. The van der Waals surface area contributed by atoms with Gasteiger partial charge in [-0.2, -0.15) is 0 Å². The maximum Gasteiger partial charge on any atom is 0.335 e. The summed E-state index contributed by atoms with van der Waals surface area (Å²) in [7, 11) is -2.31. The molecule has 0 unspecified atom stereocenters. The number of carboxylic acid groups (broad SMARTS) is 1. The van der Waals surface area contributed by atoms with Crippen LogP contribution >= 0.6 is 0 Å². The van der Waals surface area contributed by atoms with E-state index in [1.807, 2.05) is 0 Å². The monoisotopic (exact) mass is 317 g/mol. The van der Waals surface area contributed by atoms with Gasteiger partial charge in [0.1, 0.15) is 5.75 Å². The van der Waals surface area contributed by atoms with Crippen LogP contribution in [-0.2, 0) is 10.0 Å². The molecule has 1 rings (SSSR count). The molecule has 0 aliphatic carbocycles. The molecule has 0 fully saturated rings. The van der Waals surface area contributed by atoms with E-state index in [1.165, 1.54) is 25.3 Å². The van der Waals surface area contributed by atoms with Crippen molar-refractivity contribution in [2.45, 2.75) is 0 Å². The van der Waals surface area contributed by atoms with Crippen LogP contribution in [-0.4, -0.2) is 44.9 Å². The number of nitrogens with one attached hydrogen (secondary N) is 2. The molecule has 0 aliphatic heterocycles. The smallest absolute Gasteiger partial charge is 0.335 e. The van der Waals surface area contributed by atoms with Crippen molar-refractivity contribution in [3.05, 3.63) is 23.8 Å². The van der Waals surface area contributed by atoms with Crippen molar-refractivity contribution >= 4 is 27.7 Å². The maximum atomic E-state index is 11.6. The molecular weight excluding hydrogens is 302 g/mol. The van der Waals surface area contributed by atoms with Gasteiger partial charge in [-0.3, -0.25) is 0 Å². The van der Waals surface area contributed by atoms with E-state index in [9.17, 15) is 18.0 Å². The van der Waals surface area contributed by atoms with E-state index in [4.69, 9.17) is 15.0 Å². The van der Waals surface area contributed by atoms with Crippen LogP contribution in [0.4, 0.5) is 10.5 Å². The van der Waals surface area contributed by atoms with Gasteiger partial charge in [-0.15, -0.1) is 0 Å². The second-order valence-corrected chi connectivity index (χ2v) is 5.70. The Morgan fingerprint density at radius 1 is 1.38 bits per heavy atom. The predicted molar refractivity (Wildman–Crippen MR) is 74.9 cm³/mol. The molecule has 5 N–H and O–H groups in total. The van der Waals surface area contributed by atoms with Crippen molar-refractivity contribution in [1.29, 1.82) is 0 Å². The molecular formula is C11H15N3O6S. The van der Waals surface area contributed by atoms with Crippen LogP contribution < -0.4 is 20.5 Å². The number of ether oxygens (including phenoxy) is 1. The van der Waals surface area contributed by atoms with E-state index in [2.05, 4.69) is 10.6 Å². The number of carbonyl (C=O) groups is 2. The van der Waals surface area contributed by atoms with Crippen LogP contribution in [0.5, 0.6) is 5.75 Å². The Balaban J connectivity index is 2.74. The Labute approximate surface area is 121 Å². The van der Waals surface area contributed by atoms with Gasteiger partial charge in [0.25, 0.3) is 0 Å². The largest absolute Gasteiger partial charge is 0.495 e. The standard InChI is InChI=1S/C11H15N3O6S/c1-20-9-3-2-7(10(15)16)6-8(9)14-11(17)13-4-5-21(12,18)19/h2-3,6H,4-5H2,1H3,(H,15,16)(H2,12,18,19)(H2,13,14,17). The van der Waals surface area contributed by atoms with Gasteiger partial charge in [0, 0.05) is 6.54 Å². The van der Waals surface area contributed by atoms with Gasteiger partial charge in [-0.05, 0) is 18.2 Å². The molecule has 0 heterocycles. The molecule has 1 aromatic carbocycles. The molecule has 0 saturated heterocycles. The molecule has 0 aliphatic rings. The second kappa shape index (κ2) is 6.90. The first-order valence-corrected chi connectivity index (χ1v) is 7.41. The Bertz CT molecular complexity index is 643. The Morgan fingerprint density at radius 2 is 2.05 bits per heavy atom. The molecule has 0 saturated carbocycles. The fourth-order valence-electron chi connectivity index (χ4n) is 1.41. The maximum absolute atomic E-state index is 11.6. The molecule has 116 valence electrons. The summed E-state index contributed by atoms with van der Waals surface area (Å²) in [6, 6.07) is 3.23. The molecule has 10 heteroatoms. The lowest BCUT2D eigenvalue weighted by Gasteiger charge is -2.11. The van der Waals surface area contributed by atoms with Crippen LogP contribution in [0.1, 0.15) is 10.4 Å². The summed E-state index contributed by atoms with van der Waals surface area (Å²) in [6.07, 6.45) is 0. The van der Waals surface area contributed by atoms with Crippen LogP contribution in [0, 0.1) is 0 Å². The van der Waals surface area contributed by atoms with Crippen LogP contribution in [0.3, 0.4) is 0 Å². The lowest BCUT2D eigenvalue weighted by atomic mass is 10.2. The minimum atomic E-state index is -3.67. The highest BCUT2D eigenvalue weighted by Crippen LogP contribution is 2.25. The number of amides is 2. The van der Waals surface area contributed by atoms with Crippen molar-refractivity contribution in [2.24, 2.45) is 5.14 Å². The average Bonchev–Trinajstić information content (AvgIpc) is 2.36. The summed E-state index contributed by atoms with van der Waals surface area (Å²) in [4.78, 5) is 22.5. The molecule has 2 amide bonds. The van der Waals surface area contributed by atoms with Gasteiger partial charge < -0.3 is 20.5 Å². The number of carboxylic acids is 1. The zero-order valence-corrected chi connectivity index (χ0v) is 11.9.